The Balaban J connectivity index is 2.09. The highest BCUT2D eigenvalue weighted by atomic mass is 127. The lowest BCUT2D eigenvalue weighted by molar-refractivity contribution is 0.691. The molecule has 0 amide bonds. The maximum atomic E-state index is 4.88. The van der Waals surface area contributed by atoms with Gasteiger partial charge in [0.1, 0.15) is 5.82 Å². The third kappa shape index (κ3) is 2.87. The average molecular weight is 464 g/mol. The van der Waals surface area contributed by atoms with Crippen LogP contribution >= 0.6 is 49.9 Å². The zero-order valence-electron chi connectivity index (χ0n) is 11.1. The maximum absolute atomic E-state index is 4.88. The van der Waals surface area contributed by atoms with Gasteiger partial charge in [-0.25, -0.2) is 9.97 Å². The largest absolute Gasteiger partial charge is 0.372 e. The van der Waals surface area contributed by atoms with Crippen molar-refractivity contribution in [2.75, 3.05) is 12.4 Å². The molecule has 1 fully saturated rings. The predicted octanol–water partition coefficient (Wildman–Crippen LogP) is 5.27. The van der Waals surface area contributed by atoms with Crippen LogP contribution in [0.5, 0.6) is 0 Å². The Kier molecular flexibility index (Phi) is 4.62. The molecule has 0 spiro atoms. The zero-order valence-corrected chi connectivity index (χ0v) is 15.7. The first-order valence-electron chi connectivity index (χ1n) is 6.68. The van der Waals surface area contributed by atoms with Gasteiger partial charge in [-0.05, 0) is 57.4 Å². The van der Waals surface area contributed by atoms with E-state index in [9.17, 15) is 0 Å². The number of thiophene rings is 1. The number of hydrogen-bond acceptors (Lipinski definition) is 4. The molecule has 0 radical (unpaired) electrons. The first-order valence-corrected chi connectivity index (χ1v) is 9.43. The summed E-state index contributed by atoms with van der Waals surface area (Å²) in [7, 11) is 1.93. The van der Waals surface area contributed by atoms with Crippen molar-refractivity contribution in [1.29, 1.82) is 0 Å². The predicted molar refractivity (Wildman–Crippen MR) is 96.5 cm³/mol. The Morgan fingerprint density at radius 3 is 2.70 bits per heavy atom. The summed E-state index contributed by atoms with van der Waals surface area (Å²) in [5.74, 6) is 2.38. The Hall–Kier alpha value is -0.210. The van der Waals surface area contributed by atoms with E-state index < -0.39 is 0 Å². The van der Waals surface area contributed by atoms with Gasteiger partial charge in [0.15, 0.2) is 5.82 Å². The topological polar surface area (TPSA) is 37.8 Å². The molecule has 0 aromatic carbocycles. The molecule has 1 N–H and O–H groups in total. The third-order valence-electron chi connectivity index (χ3n) is 3.64. The molecular formula is C14H15BrIN3S. The van der Waals surface area contributed by atoms with Crippen molar-refractivity contribution in [1.82, 2.24) is 9.97 Å². The molecule has 0 bridgehead atoms. The van der Waals surface area contributed by atoms with Crippen LogP contribution in [0.3, 0.4) is 0 Å². The molecule has 2 heterocycles. The van der Waals surface area contributed by atoms with E-state index in [1.54, 1.807) is 11.3 Å². The molecule has 0 atom stereocenters. The second-order valence-corrected chi connectivity index (χ2v) is 7.86. The van der Waals surface area contributed by atoms with Crippen LogP contribution in [0.4, 0.5) is 5.82 Å². The highest BCUT2D eigenvalue weighted by Crippen LogP contribution is 2.38. The maximum Gasteiger partial charge on any atom is 0.171 e. The van der Waals surface area contributed by atoms with Crippen LogP contribution in [0.15, 0.2) is 15.9 Å². The molecule has 2 aromatic heterocycles. The monoisotopic (exact) mass is 463 g/mol. The summed E-state index contributed by atoms with van der Waals surface area (Å²) < 4.78 is 2.27. The number of halogens is 2. The molecule has 3 rings (SSSR count). The summed E-state index contributed by atoms with van der Waals surface area (Å²) >= 11 is 7.56. The summed E-state index contributed by atoms with van der Waals surface area (Å²) in [5.41, 5.74) is 1.22. The minimum absolute atomic E-state index is 0.596. The van der Waals surface area contributed by atoms with Gasteiger partial charge in [0.25, 0.3) is 0 Å². The number of nitrogens with one attached hydrogen (secondary N) is 1. The average Bonchev–Trinajstić information content (AvgIpc) is 3.10. The van der Waals surface area contributed by atoms with Crippen LogP contribution in [0, 0.1) is 3.57 Å². The van der Waals surface area contributed by atoms with Gasteiger partial charge in [-0.1, -0.05) is 12.8 Å². The van der Waals surface area contributed by atoms with E-state index in [0.717, 1.165) is 21.0 Å². The summed E-state index contributed by atoms with van der Waals surface area (Å²) in [6, 6.07) is 2.09. The zero-order chi connectivity index (χ0) is 14.1. The Morgan fingerprint density at radius 2 is 2.10 bits per heavy atom. The van der Waals surface area contributed by atoms with E-state index in [1.807, 2.05) is 7.05 Å². The lowest BCUT2D eigenvalue weighted by Crippen LogP contribution is -2.07. The number of rotatable bonds is 3. The molecule has 20 heavy (non-hydrogen) atoms. The Bertz CT molecular complexity index is 623. The van der Waals surface area contributed by atoms with Gasteiger partial charge in [-0.3, -0.25) is 0 Å². The Morgan fingerprint density at radius 1 is 1.35 bits per heavy atom. The Labute approximate surface area is 144 Å². The van der Waals surface area contributed by atoms with E-state index >= 15 is 0 Å². The molecule has 0 unspecified atom stereocenters. The number of nitrogens with zero attached hydrogens (tertiary/aromatic N) is 2. The van der Waals surface area contributed by atoms with Crippen LogP contribution < -0.4 is 5.32 Å². The van der Waals surface area contributed by atoms with Gasteiger partial charge in [0.05, 0.1) is 14.1 Å². The lowest BCUT2D eigenvalue weighted by Gasteiger charge is -2.15. The minimum atomic E-state index is 0.596. The number of aromatic nitrogens is 2. The van der Waals surface area contributed by atoms with E-state index in [2.05, 4.69) is 60.3 Å². The molecule has 1 aliphatic rings. The van der Waals surface area contributed by atoms with Crippen LogP contribution in [-0.2, 0) is 0 Å². The summed E-state index contributed by atoms with van der Waals surface area (Å²) in [4.78, 5) is 10.7. The second-order valence-electron chi connectivity index (χ2n) is 4.96. The standard InChI is InChI=1S/C14H15BrIN3S/c1-17-14-11(16)12(8-4-2-3-5-8)18-13(19-14)10-6-9(15)7-20-10/h6-8H,2-5H2,1H3,(H,17,18,19). The molecule has 0 aliphatic heterocycles. The van der Waals surface area contributed by atoms with Crippen molar-refractivity contribution >= 4 is 55.7 Å². The van der Waals surface area contributed by atoms with Gasteiger partial charge in [-0.15, -0.1) is 11.3 Å². The lowest BCUT2D eigenvalue weighted by atomic mass is 10.0. The molecule has 3 nitrogen and oxygen atoms in total. The van der Waals surface area contributed by atoms with E-state index in [-0.39, 0.29) is 0 Å². The fourth-order valence-corrected chi connectivity index (χ4v) is 4.95. The van der Waals surface area contributed by atoms with Crippen LogP contribution in [0.1, 0.15) is 37.3 Å². The molecule has 106 valence electrons. The first kappa shape index (κ1) is 14.7. The van der Waals surface area contributed by atoms with Crippen molar-refractivity contribution in [2.45, 2.75) is 31.6 Å². The fourth-order valence-electron chi connectivity index (χ4n) is 2.64. The third-order valence-corrected chi connectivity index (χ3v) is 6.39. The van der Waals surface area contributed by atoms with E-state index in [1.165, 1.54) is 34.9 Å². The molecule has 6 heteroatoms. The first-order chi connectivity index (χ1) is 9.69. The smallest absolute Gasteiger partial charge is 0.171 e. The molecule has 2 aromatic rings. The van der Waals surface area contributed by atoms with Crippen molar-refractivity contribution in [3.63, 3.8) is 0 Å². The number of anilines is 1. The van der Waals surface area contributed by atoms with Crippen LogP contribution in [0.2, 0.25) is 0 Å². The highest BCUT2D eigenvalue weighted by molar-refractivity contribution is 14.1. The summed E-state index contributed by atoms with van der Waals surface area (Å²) in [6.07, 6.45) is 5.15. The van der Waals surface area contributed by atoms with E-state index in [0.29, 0.717) is 5.92 Å². The fraction of sp³-hybridized carbons (Fsp3) is 0.429. The second kappa shape index (κ2) is 6.27. The van der Waals surface area contributed by atoms with Gasteiger partial charge in [0, 0.05) is 22.8 Å². The normalized spacial score (nSPS) is 15.8. The molecule has 1 saturated carbocycles. The van der Waals surface area contributed by atoms with Crippen molar-refractivity contribution < 1.29 is 0 Å². The van der Waals surface area contributed by atoms with Gasteiger partial charge in [0.2, 0.25) is 0 Å². The summed E-state index contributed by atoms with van der Waals surface area (Å²) in [5, 5.41) is 5.28. The van der Waals surface area contributed by atoms with Crippen LogP contribution in [-0.4, -0.2) is 17.0 Å². The van der Waals surface area contributed by atoms with E-state index in [4.69, 9.17) is 4.98 Å². The molecule has 0 saturated heterocycles. The highest BCUT2D eigenvalue weighted by Gasteiger charge is 2.24. The van der Waals surface area contributed by atoms with Gasteiger partial charge >= 0.3 is 0 Å². The van der Waals surface area contributed by atoms with Crippen molar-refractivity contribution in [3.05, 3.63) is 25.2 Å². The summed E-state index contributed by atoms with van der Waals surface area (Å²) in [6.45, 7) is 0. The molecular weight excluding hydrogens is 449 g/mol. The van der Waals surface area contributed by atoms with Crippen molar-refractivity contribution in [2.24, 2.45) is 0 Å². The van der Waals surface area contributed by atoms with Crippen LogP contribution in [0.25, 0.3) is 10.7 Å². The van der Waals surface area contributed by atoms with Gasteiger partial charge in [-0.2, -0.15) is 0 Å². The molecule has 1 aliphatic carbocycles. The van der Waals surface area contributed by atoms with Gasteiger partial charge < -0.3 is 5.32 Å². The minimum Gasteiger partial charge on any atom is -0.372 e. The van der Waals surface area contributed by atoms with Crippen molar-refractivity contribution in [3.8, 4) is 10.7 Å². The SMILES string of the molecule is CNc1nc(-c2cc(Br)cs2)nc(C2CCCC2)c1I. The number of hydrogen-bond donors (Lipinski definition) is 1. The quantitative estimate of drug-likeness (QED) is 0.630.